The van der Waals surface area contributed by atoms with Gasteiger partial charge in [-0.15, -0.1) is 0 Å². The Labute approximate surface area is 122 Å². The van der Waals surface area contributed by atoms with E-state index < -0.39 is 0 Å². The molecule has 3 aromatic rings. The van der Waals surface area contributed by atoms with Crippen molar-refractivity contribution in [1.82, 2.24) is 10.2 Å². The van der Waals surface area contributed by atoms with Gasteiger partial charge >= 0.3 is 0 Å². The van der Waals surface area contributed by atoms with Crippen molar-refractivity contribution < 1.29 is 4.74 Å². The topological polar surface area (TPSA) is 37.9 Å². The first-order valence-electron chi connectivity index (χ1n) is 6.22. The van der Waals surface area contributed by atoms with Crippen LogP contribution in [-0.2, 0) is 0 Å². The summed E-state index contributed by atoms with van der Waals surface area (Å²) in [5.41, 5.74) is 3.91. The van der Waals surface area contributed by atoms with Crippen molar-refractivity contribution in [3.63, 3.8) is 0 Å². The number of benzene rings is 2. The number of hydrogen-bond donors (Lipinski definition) is 1. The summed E-state index contributed by atoms with van der Waals surface area (Å²) in [5.74, 6) is 0.824. The van der Waals surface area contributed by atoms with Crippen LogP contribution >= 0.6 is 11.6 Å². The molecule has 0 amide bonds. The molecule has 4 heteroatoms. The van der Waals surface area contributed by atoms with E-state index in [0.717, 1.165) is 33.3 Å². The normalized spacial score (nSPS) is 10.5. The largest absolute Gasteiger partial charge is 0.497 e. The second-order valence-corrected chi connectivity index (χ2v) is 4.84. The SMILES string of the molecule is COc1cccc(-c2cc(-c3ccc(Cl)cc3)n[nH]2)c1. The Morgan fingerprint density at radius 2 is 1.80 bits per heavy atom. The molecule has 1 N–H and O–H groups in total. The van der Waals surface area contributed by atoms with Crippen molar-refractivity contribution in [2.75, 3.05) is 7.11 Å². The summed E-state index contributed by atoms with van der Waals surface area (Å²) in [4.78, 5) is 0. The zero-order valence-corrected chi connectivity index (χ0v) is 11.7. The number of nitrogens with one attached hydrogen (secondary N) is 1. The molecule has 0 fully saturated rings. The third kappa shape index (κ3) is 2.53. The molecule has 100 valence electrons. The molecule has 0 saturated carbocycles. The van der Waals surface area contributed by atoms with Gasteiger partial charge in [-0.25, -0.2) is 0 Å². The van der Waals surface area contributed by atoms with Gasteiger partial charge < -0.3 is 4.74 Å². The van der Waals surface area contributed by atoms with Crippen LogP contribution < -0.4 is 4.74 Å². The fourth-order valence-corrected chi connectivity index (χ4v) is 2.15. The first-order valence-corrected chi connectivity index (χ1v) is 6.60. The maximum Gasteiger partial charge on any atom is 0.119 e. The van der Waals surface area contributed by atoms with Gasteiger partial charge in [-0.3, -0.25) is 5.10 Å². The lowest BCUT2D eigenvalue weighted by molar-refractivity contribution is 0.415. The summed E-state index contributed by atoms with van der Waals surface area (Å²) in [7, 11) is 1.66. The molecule has 0 bridgehead atoms. The highest BCUT2D eigenvalue weighted by atomic mass is 35.5. The Morgan fingerprint density at radius 1 is 1.00 bits per heavy atom. The van der Waals surface area contributed by atoms with Crippen LogP contribution in [0, 0.1) is 0 Å². The van der Waals surface area contributed by atoms with Gasteiger partial charge in [0, 0.05) is 16.1 Å². The molecule has 0 aliphatic heterocycles. The van der Waals surface area contributed by atoms with Crippen LogP contribution in [0.4, 0.5) is 0 Å². The Hall–Kier alpha value is -2.26. The molecule has 0 aliphatic carbocycles. The predicted octanol–water partition coefficient (Wildman–Crippen LogP) is 4.41. The molecular formula is C16H13ClN2O. The fraction of sp³-hybridized carbons (Fsp3) is 0.0625. The van der Waals surface area contributed by atoms with Gasteiger partial charge in [-0.2, -0.15) is 5.10 Å². The average Bonchev–Trinajstić information content (AvgIpc) is 2.98. The number of methoxy groups -OCH3 is 1. The third-order valence-electron chi connectivity index (χ3n) is 3.10. The van der Waals surface area contributed by atoms with Crippen LogP contribution in [0.5, 0.6) is 5.75 Å². The van der Waals surface area contributed by atoms with E-state index >= 15 is 0 Å². The molecule has 0 radical (unpaired) electrons. The Balaban J connectivity index is 1.95. The van der Waals surface area contributed by atoms with E-state index in [1.54, 1.807) is 7.11 Å². The quantitative estimate of drug-likeness (QED) is 0.774. The van der Waals surface area contributed by atoms with E-state index in [1.165, 1.54) is 0 Å². The first kappa shape index (κ1) is 12.8. The molecule has 3 nitrogen and oxygen atoms in total. The molecule has 0 unspecified atom stereocenters. The Morgan fingerprint density at radius 3 is 2.55 bits per heavy atom. The number of nitrogens with zero attached hydrogens (tertiary/aromatic N) is 1. The summed E-state index contributed by atoms with van der Waals surface area (Å²) < 4.78 is 5.23. The van der Waals surface area contributed by atoms with E-state index in [9.17, 15) is 0 Å². The van der Waals surface area contributed by atoms with E-state index in [-0.39, 0.29) is 0 Å². The smallest absolute Gasteiger partial charge is 0.119 e. The minimum absolute atomic E-state index is 0.720. The highest BCUT2D eigenvalue weighted by Gasteiger charge is 2.06. The molecule has 0 spiro atoms. The van der Waals surface area contributed by atoms with Crippen LogP contribution in [0.2, 0.25) is 5.02 Å². The molecule has 0 atom stereocenters. The lowest BCUT2D eigenvalue weighted by Gasteiger charge is -2.01. The predicted molar refractivity (Wildman–Crippen MR) is 81.0 cm³/mol. The van der Waals surface area contributed by atoms with Crippen molar-refractivity contribution >= 4 is 11.6 Å². The maximum atomic E-state index is 5.89. The van der Waals surface area contributed by atoms with Crippen LogP contribution in [0.15, 0.2) is 54.6 Å². The van der Waals surface area contributed by atoms with Crippen LogP contribution in [-0.4, -0.2) is 17.3 Å². The zero-order chi connectivity index (χ0) is 13.9. The van der Waals surface area contributed by atoms with E-state index in [0.29, 0.717) is 0 Å². The highest BCUT2D eigenvalue weighted by Crippen LogP contribution is 2.26. The number of aromatic nitrogens is 2. The highest BCUT2D eigenvalue weighted by molar-refractivity contribution is 6.30. The minimum atomic E-state index is 0.720. The molecule has 1 heterocycles. The molecule has 1 aromatic heterocycles. The second-order valence-electron chi connectivity index (χ2n) is 4.41. The Bertz CT molecular complexity index is 719. The summed E-state index contributed by atoms with van der Waals surface area (Å²) in [5, 5.41) is 8.11. The van der Waals surface area contributed by atoms with Gasteiger partial charge in [-0.05, 0) is 30.3 Å². The van der Waals surface area contributed by atoms with Gasteiger partial charge in [0.2, 0.25) is 0 Å². The number of rotatable bonds is 3. The van der Waals surface area contributed by atoms with Crippen molar-refractivity contribution in [2.24, 2.45) is 0 Å². The first-order chi connectivity index (χ1) is 9.76. The van der Waals surface area contributed by atoms with E-state index in [2.05, 4.69) is 10.2 Å². The fourth-order valence-electron chi connectivity index (χ4n) is 2.03. The number of hydrogen-bond acceptors (Lipinski definition) is 2. The average molecular weight is 285 g/mol. The van der Waals surface area contributed by atoms with Crippen LogP contribution in [0.25, 0.3) is 22.5 Å². The summed E-state index contributed by atoms with van der Waals surface area (Å²) in [6.45, 7) is 0. The lowest BCUT2D eigenvalue weighted by Crippen LogP contribution is -1.83. The van der Waals surface area contributed by atoms with Crippen molar-refractivity contribution in [2.45, 2.75) is 0 Å². The van der Waals surface area contributed by atoms with E-state index in [4.69, 9.17) is 16.3 Å². The molecular weight excluding hydrogens is 272 g/mol. The van der Waals surface area contributed by atoms with Crippen LogP contribution in [0.3, 0.4) is 0 Å². The lowest BCUT2D eigenvalue weighted by atomic mass is 10.1. The minimum Gasteiger partial charge on any atom is -0.497 e. The molecule has 0 saturated heterocycles. The molecule has 3 rings (SSSR count). The summed E-state index contributed by atoms with van der Waals surface area (Å²) >= 11 is 5.89. The number of H-pyrrole nitrogens is 1. The molecule has 20 heavy (non-hydrogen) atoms. The maximum absolute atomic E-state index is 5.89. The number of aromatic amines is 1. The van der Waals surface area contributed by atoms with Gasteiger partial charge in [0.05, 0.1) is 18.5 Å². The third-order valence-corrected chi connectivity index (χ3v) is 3.35. The van der Waals surface area contributed by atoms with Crippen molar-refractivity contribution in [3.8, 4) is 28.3 Å². The van der Waals surface area contributed by atoms with E-state index in [1.807, 2.05) is 54.6 Å². The van der Waals surface area contributed by atoms with Gasteiger partial charge in [0.1, 0.15) is 5.75 Å². The Kier molecular flexibility index (Phi) is 3.44. The number of halogens is 1. The van der Waals surface area contributed by atoms with Crippen molar-refractivity contribution in [1.29, 1.82) is 0 Å². The summed E-state index contributed by atoms with van der Waals surface area (Å²) in [6, 6.07) is 17.5. The molecule has 0 aliphatic rings. The summed E-state index contributed by atoms with van der Waals surface area (Å²) in [6.07, 6.45) is 0. The zero-order valence-electron chi connectivity index (χ0n) is 10.9. The monoisotopic (exact) mass is 284 g/mol. The second kappa shape index (κ2) is 5.39. The van der Waals surface area contributed by atoms with Crippen LogP contribution in [0.1, 0.15) is 0 Å². The van der Waals surface area contributed by atoms with Gasteiger partial charge in [0.15, 0.2) is 0 Å². The van der Waals surface area contributed by atoms with Gasteiger partial charge in [0.25, 0.3) is 0 Å². The number of ether oxygens (including phenoxy) is 1. The standard InChI is InChI=1S/C16H13ClN2O/c1-20-14-4-2-3-12(9-14)16-10-15(18-19-16)11-5-7-13(17)8-6-11/h2-10H,1H3,(H,18,19). The molecule has 2 aromatic carbocycles. The van der Waals surface area contributed by atoms with Crippen molar-refractivity contribution in [3.05, 3.63) is 59.6 Å². The van der Waals surface area contributed by atoms with Gasteiger partial charge in [-0.1, -0.05) is 35.9 Å².